The predicted octanol–water partition coefficient (Wildman–Crippen LogP) is 7.10. The molecule has 2 N–H and O–H groups in total. The Labute approximate surface area is 427 Å². The molecule has 1 amide bonds. The van der Waals surface area contributed by atoms with Gasteiger partial charge < -0.3 is 48.3 Å². The second-order valence-corrected chi connectivity index (χ2v) is 21.3. The highest BCUT2D eigenvalue weighted by Crippen LogP contribution is 2.38. The molecule has 0 aromatic heterocycles. The van der Waals surface area contributed by atoms with Crippen LogP contribution in [0.2, 0.25) is 0 Å². The summed E-state index contributed by atoms with van der Waals surface area (Å²) in [6, 6.07) is -1.18. The summed E-state index contributed by atoms with van der Waals surface area (Å²) in [6.45, 7) is 14.0. The third-order valence-electron chi connectivity index (χ3n) is 15.4. The summed E-state index contributed by atoms with van der Waals surface area (Å²) in [5.41, 5.74) is 1.23. The van der Waals surface area contributed by atoms with Crippen molar-refractivity contribution in [2.24, 2.45) is 35.5 Å². The number of hydrogen-bond acceptors (Lipinski definition) is 15. The minimum absolute atomic E-state index is 0.000205. The Balaban J connectivity index is 1.68. The average Bonchev–Trinajstić information content (AvgIpc) is 3.35. The van der Waals surface area contributed by atoms with Gasteiger partial charge in [-0.25, -0.2) is 4.79 Å². The molecule has 3 heterocycles. The molecule has 404 valence electrons. The maximum absolute atomic E-state index is 14.5. The Morgan fingerprint density at radius 1 is 0.847 bits per heavy atom. The fourth-order valence-corrected chi connectivity index (χ4v) is 10.7. The topological polar surface area (TPSA) is 219 Å². The van der Waals surface area contributed by atoms with Crippen LogP contribution in [-0.4, -0.2) is 139 Å². The van der Waals surface area contributed by atoms with Gasteiger partial charge in [0.05, 0.1) is 24.7 Å². The van der Waals surface area contributed by atoms with E-state index in [1.165, 1.54) is 18.9 Å². The van der Waals surface area contributed by atoms with Crippen molar-refractivity contribution in [3.8, 4) is 0 Å². The molecule has 0 unspecified atom stereocenters. The lowest BCUT2D eigenvalue weighted by Crippen LogP contribution is -2.61. The smallest absolute Gasteiger partial charge is 0.329 e. The summed E-state index contributed by atoms with van der Waals surface area (Å²) in [5.74, 6) is -8.99. The normalized spacial score (nSPS) is 37.5. The van der Waals surface area contributed by atoms with E-state index in [-0.39, 0.29) is 61.4 Å². The van der Waals surface area contributed by atoms with Crippen LogP contribution in [0.3, 0.4) is 0 Å². The number of hydrogen-bond donors (Lipinski definition) is 2. The van der Waals surface area contributed by atoms with Crippen LogP contribution >= 0.6 is 0 Å². The van der Waals surface area contributed by atoms with Gasteiger partial charge in [0, 0.05) is 64.9 Å². The van der Waals surface area contributed by atoms with E-state index in [4.69, 9.17) is 28.4 Å². The van der Waals surface area contributed by atoms with Crippen LogP contribution in [0.4, 0.5) is 0 Å². The number of aliphatic hydroxyl groups excluding tert-OH is 1. The fourth-order valence-electron chi connectivity index (χ4n) is 10.7. The fraction of sp³-hybridized carbons (Fsp3) is 0.732. The molecule has 1 saturated carbocycles. The number of methoxy groups -OCH3 is 3. The van der Waals surface area contributed by atoms with Crippen LogP contribution in [0.25, 0.3) is 0 Å². The third kappa shape index (κ3) is 16.7. The van der Waals surface area contributed by atoms with Crippen LogP contribution in [0.1, 0.15) is 145 Å². The molecule has 15 atom stereocenters. The molecule has 16 heteroatoms. The van der Waals surface area contributed by atoms with E-state index in [0.717, 1.165) is 5.57 Å². The Hall–Kier alpha value is -4.19. The number of amides is 1. The molecule has 2 saturated heterocycles. The summed E-state index contributed by atoms with van der Waals surface area (Å²) in [7, 11) is 4.48. The van der Waals surface area contributed by atoms with Crippen LogP contribution < -0.4 is 0 Å². The molecule has 72 heavy (non-hydrogen) atoms. The van der Waals surface area contributed by atoms with Gasteiger partial charge in [-0.1, -0.05) is 71.1 Å². The Bertz CT molecular complexity index is 2010. The minimum atomic E-state index is -2.46. The Morgan fingerprint density at radius 3 is 2.24 bits per heavy atom. The van der Waals surface area contributed by atoms with Crippen molar-refractivity contribution < 1.29 is 72.2 Å². The summed E-state index contributed by atoms with van der Waals surface area (Å²) in [4.78, 5) is 96.4. The highest BCUT2D eigenvalue weighted by Gasteiger charge is 2.53. The molecule has 3 aliphatic heterocycles. The first-order chi connectivity index (χ1) is 34.0. The van der Waals surface area contributed by atoms with Crippen LogP contribution in [0, 0.1) is 35.5 Å². The van der Waals surface area contributed by atoms with Gasteiger partial charge in [-0.15, -0.1) is 0 Å². The number of fused-ring (bicyclic) bond motifs is 3. The summed E-state index contributed by atoms with van der Waals surface area (Å²) >= 11 is 0. The molecular formula is C56H85NO15. The third-order valence-corrected chi connectivity index (χ3v) is 15.4. The first-order valence-electron chi connectivity index (χ1n) is 26.2. The molecular weight excluding hydrogens is 927 g/mol. The first kappa shape index (κ1) is 60.4. The van der Waals surface area contributed by atoms with E-state index >= 15 is 0 Å². The van der Waals surface area contributed by atoms with Crippen molar-refractivity contribution in [3.05, 3.63) is 47.6 Å². The Morgan fingerprint density at radius 2 is 1.57 bits per heavy atom. The zero-order chi connectivity index (χ0) is 53.4. The SMILES string of the molecule is CO[C@H]1C[C@@H]2CC[C@@H](C)[C@@](O)(O2)C(=O)C(=O)N2CCCC[C@H]2C(=O)O[C@H]([C@@H](C)C[C@@H]2CC[C@@H](OC(=O)CCC(C)=O)[C@H](OC)C2)CC(=O)[C@H](C)/C=C(\C)[C@@H](O)[C@@H](OC)C(=O)[C@H](C)C[C@H](C)/C=C/C=C/C=C/1C. The molecule has 4 aliphatic rings. The van der Waals surface area contributed by atoms with Crippen molar-refractivity contribution in [2.75, 3.05) is 27.9 Å². The molecule has 1 aliphatic carbocycles. The molecule has 4 rings (SSSR count). The van der Waals surface area contributed by atoms with Crippen molar-refractivity contribution in [2.45, 2.75) is 200 Å². The lowest BCUT2D eigenvalue weighted by Gasteiger charge is -2.42. The Kier molecular flexibility index (Phi) is 23.9. The van der Waals surface area contributed by atoms with Gasteiger partial charge in [0.1, 0.15) is 42.0 Å². The molecule has 0 spiro atoms. The van der Waals surface area contributed by atoms with Crippen molar-refractivity contribution in [1.82, 2.24) is 4.90 Å². The maximum atomic E-state index is 14.5. The van der Waals surface area contributed by atoms with Crippen LogP contribution in [0.5, 0.6) is 0 Å². The molecule has 3 fully saturated rings. The standard InChI is InChI=1S/C56H85NO15/c1-33-17-13-12-14-18-34(2)46(67-9)31-42-23-20-39(7)56(66,72-42)53(63)54(64)57-26-16-15-19-43(57)55(65)71-47(32-44(59)35(3)28-38(6)51(62)52(69-11)50(61)37(5)27-33)36(4)29-41-22-24-45(48(30-41)68-10)70-49(60)25-21-40(8)58/h12-14,17-18,28,33,35-37,39,41-43,45-48,51-52,62,66H,15-16,19-27,29-32H2,1-11H3/b14-12+,17-13+,34-18+,38-28+/t33-,35-,36+,37-,39-,41+,42+,43+,45-,46+,47+,48-,51-,52+,56-/m1/s1. The highest BCUT2D eigenvalue weighted by atomic mass is 16.6. The van der Waals surface area contributed by atoms with Crippen LogP contribution in [-0.2, 0) is 62.0 Å². The highest BCUT2D eigenvalue weighted by molar-refractivity contribution is 6.39. The largest absolute Gasteiger partial charge is 0.460 e. The molecule has 0 radical (unpaired) electrons. The average molecular weight is 1010 g/mol. The summed E-state index contributed by atoms with van der Waals surface area (Å²) in [5, 5.41) is 23.5. The zero-order valence-electron chi connectivity index (χ0n) is 44.8. The van der Waals surface area contributed by atoms with E-state index in [1.807, 2.05) is 51.2 Å². The number of carbonyl (C=O) groups is 7. The number of Topliss-reactive ketones (excluding diaryl/α,β-unsaturated/α-hetero) is 4. The minimum Gasteiger partial charge on any atom is -0.460 e. The van der Waals surface area contributed by atoms with Crippen molar-refractivity contribution in [1.29, 1.82) is 0 Å². The number of carbonyl (C=O) groups excluding carboxylic acids is 7. The number of ether oxygens (including phenoxy) is 6. The zero-order valence-corrected chi connectivity index (χ0v) is 44.8. The first-order valence-corrected chi connectivity index (χ1v) is 26.2. The van der Waals surface area contributed by atoms with E-state index in [0.29, 0.717) is 69.8 Å². The quantitative estimate of drug-likeness (QED) is 0.127. The monoisotopic (exact) mass is 1010 g/mol. The number of allylic oxidation sites excluding steroid dienone is 6. The van der Waals surface area contributed by atoms with Gasteiger partial charge in [0.25, 0.3) is 11.7 Å². The lowest BCUT2D eigenvalue weighted by atomic mass is 9.78. The lowest BCUT2D eigenvalue weighted by molar-refractivity contribution is -0.265. The van der Waals surface area contributed by atoms with Crippen molar-refractivity contribution in [3.63, 3.8) is 0 Å². The second kappa shape index (κ2) is 28.5. The van der Waals surface area contributed by atoms with Gasteiger partial charge in [-0.3, -0.25) is 24.0 Å². The van der Waals surface area contributed by atoms with Gasteiger partial charge >= 0.3 is 11.9 Å². The van der Waals surface area contributed by atoms with Gasteiger partial charge in [0.15, 0.2) is 5.78 Å². The molecule has 16 nitrogen and oxygen atoms in total. The second-order valence-electron chi connectivity index (χ2n) is 21.3. The number of cyclic esters (lactones) is 1. The molecule has 2 bridgehead atoms. The number of ketones is 4. The number of piperidine rings is 1. The van der Waals surface area contributed by atoms with E-state index in [9.17, 15) is 43.8 Å². The van der Waals surface area contributed by atoms with Gasteiger partial charge in [-0.05, 0) is 114 Å². The number of rotatable bonds is 10. The predicted molar refractivity (Wildman–Crippen MR) is 269 cm³/mol. The van der Waals surface area contributed by atoms with Gasteiger partial charge in [-0.2, -0.15) is 0 Å². The molecule has 0 aromatic carbocycles. The molecule has 0 aromatic rings. The van der Waals surface area contributed by atoms with Crippen LogP contribution in [0.15, 0.2) is 47.6 Å². The van der Waals surface area contributed by atoms with E-state index in [1.54, 1.807) is 48.0 Å². The maximum Gasteiger partial charge on any atom is 0.329 e. The van der Waals surface area contributed by atoms with E-state index in [2.05, 4.69) is 0 Å². The number of aliphatic hydroxyl groups is 2. The summed E-state index contributed by atoms with van der Waals surface area (Å²) < 4.78 is 35.4. The number of nitrogens with zero attached hydrogens (tertiary/aromatic N) is 1. The van der Waals surface area contributed by atoms with Crippen molar-refractivity contribution >= 4 is 41.0 Å². The summed E-state index contributed by atoms with van der Waals surface area (Å²) in [6.07, 6.45) is 10.5. The number of esters is 2. The van der Waals surface area contributed by atoms with Gasteiger partial charge in [0.2, 0.25) is 5.79 Å². The van der Waals surface area contributed by atoms with E-state index < -0.39 is 102 Å².